The summed E-state index contributed by atoms with van der Waals surface area (Å²) in [5.74, 6) is 2.76. The van der Waals surface area contributed by atoms with Gasteiger partial charge in [0.25, 0.3) is 0 Å². The average molecular weight is 435 g/mol. The minimum absolute atomic E-state index is 0.278. The molecule has 0 radical (unpaired) electrons. The first-order chi connectivity index (χ1) is 15.5. The molecular weight excluding hydrogens is 408 g/mol. The molecule has 1 aromatic carbocycles. The standard InChI is InChI=1S/C22H26N8O2/c1-30(2)14-17-11-19(32-29-17)13-24-22-23-9-8-20(26-22)25-21-12-16(27-28-21)7-6-15-4-3-5-18(31)10-15/h3-5,8-12,31H,6-7,13-14H2,1-2H3,(H3,23,24,25,26,27,28). The van der Waals surface area contributed by atoms with E-state index in [1.54, 1.807) is 24.4 Å². The maximum Gasteiger partial charge on any atom is 0.224 e. The lowest BCUT2D eigenvalue weighted by Crippen LogP contribution is -2.10. The zero-order valence-corrected chi connectivity index (χ0v) is 18.0. The molecule has 3 aromatic heterocycles. The molecule has 0 amide bonds. The van der Waals surface area contributed by atoms with Crippen molar-refractivity contribution in [3.63, 3.8) is 0 Å². The number of nitrogens with one attached hydrogen (secondary N) is 3. The van der Waals surface area contributed by atoms with Gasteiger partial charge in [-0.1, -0.05) is 17.3 Å². The van der Waals surface area contributed by atoms with E-state index in [1.165, 1.54) is 0 Å². The number of aromatic amines is 1. The number of hydrogen-bond donors (Lipinski definition) is 4. The molecule has 0 fully saturated rings. The van der Waals surface area contributed by atoms with Gasteiger partial charge in [-0.05, 0) is 50.7 Å². The number of phenols is 1. The Morgan fingerprint density at radius 2 is 2.00 bits per heavy atom. The number of nitrogens with zero attached hydrogens (tertiary/aromatic N) is 5. The summed E-state index contributed by atoms with van der Waals surface area (Å²) in [6, 6.07) is 12.9. The van der Waals surface area contributed by atoms with E-state index in [4.69, 9.17) is 4.52 Å². The Kier molecular flexibility index (Phi) is 6.61. The molecule has 0 spiro atoms. The van der Waals surface area contributed by atoms with E-state index in [0.717, 1.165) is 36.3 Å². The quantitative estimate of drug-likeness (QED) is 0.298. The number of H-pyrrole nitrogens is 1. The molecule has 0 aliphatic rings. The van der Waals surface area contributed by atoms with Crippen LogP contribution in [0.4, 0.5) is 17.6 Å². The summed E-state index contributed by atoms with van der Waals surface area (Å²) in [5.41, 5.74) is 2.94. The van der Waals surface area contributed by atoms with Gasteiger partial charge in [0.15, 0.2) is 11.6 Å². The van der Waals surface area contributed by atoms with Crippen LogP contribution >= 0.6 is 0 Å². The lowest BCUT2D eigenvalue weighted by atomic mass is 10.1. The molecule has 0 atom stereocenters. The second-order valence-electron chi connectivity index (χ2n) is 7.71. The summed E-state index contributed by atoms with van der Waals surface area (Å²) in [4.78, 5) is 10.7. The van der Waals surface area contributed by atoms with Gasteiger partial charge in [0, 0.05) is 30.6 Å². The molecule has 4 aromatic rings. The summed E-state index contributed by atoms with van der Waals surface area (Å²) >= 11 is 0. The molecule has 0 saturated heterocycles. The number of aryl methyl sites for hydroxylation is 2. The predicted molar refractivity (Wildman–Crippen MR) is 121 cm³/mol. The van der Waals surface area contributed by atoms with Gasteiger partial charge in [-0.2, -0.15) is 10.1 Å². The number of aromatic hydroxyl groups is 1. The molecule has 166 valence electrons. The minimum Gasteiger partial charge on any atom is -0.508 e. The van der Waals surface area contributed by atoms with Crippen LogP contribution in [0.3, 0.4) is 0 Å². The predicted octanol–water partition coefficient (Wildman–Crippen LogP) is 3.10. The summed E-state index contributed by atoms with van der Waals surface area (Å²) in [6.45, 7) is 1.16. The third-order valence-electron chi connectivity index (χ3n) is 4.64. The summed E-state index contributed by atoms with van der Waals surface area (Å²) in [7, 11) is 3.96. The maximum atomic E-state index is 9.58. The van der Waals surface area contributed by atoms with Gasteiger partial charge in [0.2, 0.25) is 5.95 Å². The summed E-state index contributed by atoms with van der Waals surface area (Å²) in [5, 5.41) is 27.3. The maximum absolute atomic E-state index is 9.58. The van der Waals surface area contributed by atoms with Crippen molar-refractivity contribution in [3.05, 3.63) is 71.4 Å². The largest absolute Gasteiger partial charge is 0.508 e. The minimum atomic E-state index is 0.278. The molecule has 10 nitrogen and oxygen atoms in total. The van der Waals surface area contributed by atoms with Crippen molar-refractivity contribution in [2.75, 3.05) is 24.7 Å². The van der Waals surface area contributed by atoms with Crippen molar-refractivity contribution in [1.29, 1.82) is 0 Å². The Bertz CT molecular complexity index is 1150. The fraction of sp³-hybridized carbons (Fsp3) is 0.273. The third-order valence-corrected chi connectivity index (χ3v) is 4.64. The first kappa shape index (κ1) is 21.3. The number of hydrogen-bond acceptors (Lipinski definition) is 9. The molecule has 0 aliphatic carbocycles. The van der Waals surface area contributed by atoms with Crippen LogP contribution in [0.5, 0.6) is 5.75 Å². The van der Waals surface area contributed by atoms with Crippen LogP contribution in [-0.4, -0.2) is 49.4 Å². The number of rotatable bonds is 10. The van der Waals surface area contributed by atoms with E-state index < -0.39 is 0 Å². The number of anilines is 3. The Morgan fingerprint density at radius 3 is 2.84 bits per heavy atom. The molecule has 0 saturated carbocycles. The molecule has 4 rings (SSSR count). The zero-order chi connectivity index (χ0) is 22.3. The lowest BCUT2D eigenvalue weighted by molar-refractivity contribution is 0.351. The molecule has 4 N–H and O–H groups in total. The molecule has 0 bridgehead atoms. The number of phenolic OH excluding ortho intramolecular Hbond substituents is 1. The topological polar surface area (TPSA) is 128 Å². The van der Waals surface area contributed by atoms with Gasteiger partial charge in [-0.25, -0.2) is 4.98 Å². The molecular formula is C22H26N8O2. The molecule has 3 heterocycles. The van der Waals surface area contributed by atoms with Gasteiger partial charge < -0.3 is 25.2 Å². The van der Waals surface area contributed by atoms with Gasteiger partial charge >= 0.3 is 0 Å². The van der Waals surface area contributed by atoms with Crippen LogP contribution in [0, 0.1) is 0 Å². The fourth-order valence-electron chi connectivity index (χ4n) is 3.19. The summed E-state index contributed by atoms with van der Waals surface area (Å²) in [6.07, 6.45) is 3.25. The van der Waals surface area contributed by atoms with Gasteiger partial charge in [-0.3, -0.25) is 5.10 Å². The van der Waals surface area contributed by atoms with E-state index in [9.17, 15) is 5.11 Å². The van der Waals surface area contributed by atoms with E-state index >= 15 is 0 Å². The van der Waals surface area contributed by atoms with Gasteiger partial charge in [0.1, 0.15) is 11.6 Å². The Hall–Kier alpha value is -3.92. The van der Waals surface area contributed by atoms with E-state index in [-0.39, 0.29) is 5.75 Å². The smallest absolute Gasteiger partial charge is 0.224 e. The highest BCUT2D eigenvalue weighted by molar-refractivity contribution is 5.53. The molecule has 0 unspecified atom stereocenters. The highest BCUT2D eigenvalue weighted by Crippen LogP contribution is 2.17. The van der Waals surface area contributed by atoms with Crippen molar-refractivity contribution in [3.8, 4) is 5.75 Å². The van der Waals surface area contributed by atoms with E-state index in [2.05, 4.69) is 36.0 Å². The lowest BCUT2D eigenvalue weighted by Gasteiger charge is -2.05. The second-order valence-corrected chi connectivity index (χ2v) is 7.71. The van der Waals surface area contributed by atoms with Crippen LogP contribution < -0.4 is 10.6 Å². The highest BCUT2D eigenvalue weighted by Gasteiger charge is 2.08. The zero-order valence-electron chi connectivity index (χ0n) is 18.0. The number of aromatic nitrogens is 5. The Balaban J connectivity index is 1.30. The molecule has 0 aliphatic heterocycles. The first-order valence-corrected chi connectivity index (χ1v) is 10.3. The van der Waals surface area contributed by atoms with Crippen LogP contribution in [0.15, 0.2) is 53.2 Å². The second kappa shape index (κ2) is 9.92. The number of benzene rings is 1. The third kappa shape index (κ3) is 6.05. The monoisotopic (exact) mass is 434 g/mol. The van der Waals surface area contributed by atoms with Gasteiger partial charge in [-0.15, -0.1) is 0 Å². The Labute approximate surface area is 185 Å². The van der Waals surface area contributed by atoms with E-state index in [1.807, 2.05) is 43.3 Å². The van der Waals surface area contributed by atoms with Crippen molar-refractivity contribution in [2.24, 2.45) is 0 Å². The molecule has 32 heavy (non-hydrogen) atoms. The van der Waals surface area contributed by atoms with Crippen LogP contribution in [-0.2, 0) is 25.9 Å². The summed E-state index contributed by atoms with van der Waals surface area (Å²) < 4.78 is 5.34. The average Bonchev–Trinajstić information content (AvgIpc) is 3.40. The van der Waals surface area contributed by atoms with Crippen molar-refractivity contribution < 1.29 is 9.63 Å². The fourth-order valence-corrected chi connectivity index (χ4v) is 3.19. The van der Waals surface area contributed by atoms with Crippen molar-refractivity contribution >= 4 is 17.6 Å². The van der Waals surface area contributed by atoms with Crippen LogP contribution in [0.25, 0.3) is 0 Å². The normalized spacial score (nSPS) is 11.1. The van der Waals surface area contributed by atoms with Gasteiger partial charge in [0.05, 0.1) is 12.2 Å². The van der Waals surface area contributed by atoms with Crippen LogP contribution in [0.1, 0.15) is 22.7 Å². The van der Waals surface area contributed by atoms with Crippen molar-refractivity contribution in [2.45, 2.75) is 25.9 Å². The first-order valence-electron chi connectivity index (χ1n) is 10.3. The Morgan fingerprint density at radius 1 is 1.09 bits per heavy atom. The molecule has 10 heteroatoms. The highest BCUT2D eigenvalue weighted by atomic mass is 16.5. The SMILES string of the molecule is CN(C)Cc1cc(CNc2nccc(Nc3cc(CCc4cccc(O)c4)[nH]n3)n2)on1. The van der Waals surface area contributed by atoms with Crippen molar-refractivity contribution in [1.82, 2.24) is 30.2 Å². The van der Waals surface area contributed by atoms with E-state index in [0.29, 0.717) is 29.9 Å². The van der Waals surface area contributed by atoms with Crippen LogP contribution in [0.2, 0.25) is 0 Å².